The van der Waals surface area contributed by atoms with Crippen molar-refractivity contribution in [3.63, 3.8) is 0 Å². The van der Waals surface area contributed by atoms with Crippen molar-refractivity contribution in [2.75, 3.05) is 18.9 Å². The number of hydrogen-bond donors (Lipinski definition) is 2. The van der Waals surface area contributed by atoms with Crippen LogP contribution in [0, 0.1) is 12.8 Å². The Balaban J connectivity index is 1.90. The predicted molar refractivity (Wildman–Crippen MR) is 89.6 cm³/mol. The number of nitrogens with one attached hydrogen (secondary N) is 2. The summed E-state index contributed by atoms with van der Waals surface area (Å²) < 4.78 is 0. The lowest BCUT2D eigenvalue weighted by Crippen LogP contribution is -2.35. The molecule has 0 aliphatic carbocycles. The number of rotatable bonds is 6. The summed E-state index contributed by atoms with van der Waals surface area (Å²) in [5.41, 5.74) is 1.42. The Bertz CT molecular complexity index is 692. The van der Waals surface area contributed by atoms with Crippen LogP contribution in [-0.2, 0) is 11.2 Å². The maximum Gasteiger partial charge on any atom is 0.255 e. The molecular weight excluding hydrogens is 314 g/mol. The number of anilines is 1. The second-order valence-electron chi connectivity index (χ2n) is 5.86. The second kappa shape index (κ2) is 7.36. The van der Waals surface area contributed by atoms with Gasteiger partial charge in [-0.25, -0.2) is 0 Å². The molecule has 0 saturated carbocycles. The Morgan fingerprint density at radius 2 is 2.09 bits per heavy atom. The maximum atomic E-state index is 12.2. The van der Waals surface area contributed by atoms with Gasteiger partial charge in [-0.1, -0.05) is 25.2 Å². The summed E-state index contributed by atoms with van der Waals surface area (Å²) >= 11 is 1.36. The molecule has 0 aliphatic heterocycles. The summed E-state index contributed by atoms with van der Waals surface area (Å²) in [5.74, 6) is -0.00204. The van der Waals surface area contributed by atoms with E-state index >= 15 is 0 Å². The third-order valence-electron chi connectivity index (χ3n) is 3.21. The Morgan fingerprint density at radius 1 is 1.35 bits per heavy atom. The van der Waals surface area contributed by atoms with Gasteiger partial charge in [0.1, 0.15) is 5.01 Å². The topological polar surface area (TPSA) is 91.0 Å². The van der Waals surface area contributed by atoms with Crippen LogP contribution in [0.5, 0.6) is 0 Å². The van der Waals surface area contributed by atoms with Crippen molar-refractivity contribution in [1.29, 1.82) is 0 Å². The van der Waals surface area contributed by atoms with Crippen molar-refractivity contribution in [2.24, 2.45) is 5.92 Å². The van der Waals surface area contributed by atoms with Crippen LogP contribution in [0.2, 0.25) is 0 Å². The van der Waals surface area contributed by atoms with Crippen molar-refractivity contribution >= 4 is 28.3 Å². The highest BCUT2D eigenvalue weighted by Gasteiger charge is 2.18. The highest BCUT2D eigenvalue weighted by atomic mass is 32.1. The number of H-pyrrole nitrogens is 1. The molecule has 8 heteroatoms. The molecule has 2 heterocycles. The first-order valence-electron chi connectivity index (χ1n) is 7.38. The van der Waals surface area contributed by atoms with E-state index in [0.29, 0.717) is 16.6 Å². The van der Waals surface area contributed by atoms with Crippen LogP contribution in [0.25, 0.3) is 0 Å². The Kier molecular flexibility index (Phi) is 5.49. The van der Waals surface area contributed by atoms with Gasteiger partial charge in [0.15, 0.2) is 0 Å². The number of hydrogen-bond acceptors (Lipinski definition) is 5. The van der Waals surface area contributed by atoms with E-state index in [1.54, 1.807) is 19.4 Å². The summed E-state index contributed by atoms with van der Waals surface area (Å²) in [6.07, 6.45) is 4.21. The van der Waals surface area contributed by atoms with Crippen molar-refractivity contribution in [2.45, 2.75) is 27.2 Å². The summed E-state index contributed by atoms with van der Waals surface area (Å²) in [6.45, 7) is 6.00. The van der Waals surface area contributed by atoms with Gasteiger partial charge >= 0.3 is 0 Å². The summed E-state index contributed by atoms with van der Waals surface area (Å²) in [6, 6.07) is 0. The van der Waals surface area contributed by atoms with E-state index in [2.05, 4.69) is 34.3 Å². The molecule has 0 spiro atoms. The molecule has 23 heavy (non-hydrogen) atoms. The molecule has 2 aromatic heterocycles. The molecule has 0 unspecified atom stereocenters. The Morgan fingerprint density at radius 3 is 2.70 bits per heavy atom. The van der Waals surface area contributed by atoms with Gasteiger partial charge in [-0.3, -0.25) is 14.9 Å². The minimum absolute atomic E-state index is 0.0391. The van der Waals surface area contributed by atoms with Crippen LogP contribution in [0.15, 0.2) is 12.4 Å². The van der Waals surface area contributed by atoms with Crippen LogP contribution >= 0.6 is 11.3 Å². The van der Waals surface area contributed by atoms with E-state index in [1.807, 2.05) is 6.92 Å². The lowest BCUT2D eigenvalue weighted by molar-refractivity contribution is -0.116. The van der Waals surface area contributed by atoms with Crippen molar-refractivity contribution < 1.29 is 9.59 Å². The smallest absolute Gasteiger partial charge is 0.255 e. The van der Waals surface area contributed by atoms with E-state index in [9.17, 15) is 9.59 Å². The molecule has 0 radical (unpaired) electrons. The summed E-state index contributed by atoms with van der Waals surface area (Å²) in [7, 11) is 1.60. The maximum absolute atomic E-state index is 12.2. The van der Waals surface area contributed by atoms with Crippen LogP contribution < -0.4 is 5.32 Å². The normalized spacial score (nSPS) is 10.8. The van der Waals surface area contributed by atoms with E-state index in [4.69, 9.17) is 0 Å². The third kappa shape index (κ3) is 4.62. The van der Waals surface area contributed by atoms with Crippen molar-refractivity contribution in [3.8, 4) is 0 Å². The largest absolute Gasteiger partial charge is 0.367 e. The van der Waals surface area contributed by atoms with Crippen LogP contribution in [0.4, 0.5) is 5.13 Å². The lowest BCUT2D eigenvalue weighted by Gasteiger charge is -2.15. The summed E-state index contributed by atoms with van der Waals surface area (Å²) in [4.78, 5) is 28.5. The molecule has 0 bridgehead atoms. The number of carbonyl (C=O) groups is 2. The fourth-order valence-electron chi connectivity index (χ4n) is 2.06. The van der Waals surface area contributed by atoms with Gasteiger partial charge in [0.2, 0.25) is 11.0 Å². The first-order chi connectivity index (χ1) is 10.9. The van der Waals surface area contributed by atoms with Gasteiger partial charge in [0, 0.05) is 25.9 Å². The zero-order valence-corrected chi connectivity index (χ0v) is 14.5. The average molecular weight is 335 g/mol. The highest BCUT2D eigenvalue weighted by Crippen LogP contribution is 2.18. The third-order valence-corrected chi connectivity index (χ3v) is 4.07. The van der Waals surface area contributed by atoms with Crippen LogP contribution in [0.3, 0.4) is 0 Å². The zero-order chi connectivity index (χ0) is 17.0. The molecule has 0 atom stereocenters. The van der Waals surface area contributed by atoms with Gasteiger partial charge < -0.3 is 9.88 Å². The number of likely N-dealkylation sites (N-methyl/N-ethyl adjacent to an activating group) is 1. The van der Waals surface area contributed by atoms with E-state index in [-0.39, 0.29) is 18.4 Å². The first-order valence-corrected chi connectivity index (χ1v) is 8.19. The molecule has 2 amide bonds. The van der Waals surface area contributed by atoms with Crippen molar-refractivity contribution in [3.05, 3.63) is 28.5 Å². The standard InChI is InChI=1S/C15H21N5O2S/c1-9(2)5-13-18-19-15(23-13)17-12(21)8-20(4)14(22)11-7-16-6-10(11)3/h6-7,9,16H,5,8H2,1-4H3,(H,17,19,21). The fraction of sp³-hybridized carbons (Fsp3) is 0.467. The lowest BCUT2D eigenvalue weighted by atomic mass is 10.1. The number of amides is 2. The van der Waals surface area contributed by atoms with Gasteiger partial charge in [0.05, 0.1) is 12.1 Å². The SMILES string of the molecule is Cc1c[nH]cc1C(=O)N(C)CC(=O)Nc1nnc(CC(C)C)s1. The van der Waals surface area contributed by atoms with Crippen LogP contribution in [-0.4, -0.2) is 45.5 Å². The minimum atomic E-state index is -0.290. The monoisotopic (exact) mass is 335 g/mol. The van der Waals surface area contributed by atoms with E-state index < -0.39 is 0 Å². The molecule has 2 aromatic rings. The predicted octanol–water partition coefficient (Wildman–Crippen LogP) is 2.08. The van der Waals surface area contributed by atoms with E-state index in [1.165, 1.54) is 16.2 Å². The first kappa shape index (κ1) is 17.1. The molecule has 0 aliphatic rings. The summed E-state index contributed by atoms with van der Waals surface area (Å²) in [5, 5.41) is 12.0. The number of nitrogens with zero attached hydrogens (tertiary/aromatic N) is 3. The number of carbonyl (C=O) groups excluding carboxylic acids is 2. The molecular formula is C15H21N5O2S. The minimum Gasteiger partial charge on any atom is -0.367 e. The van der Waals surface area contributed by atoms with Gasteiger partial charge in [0.25, 0.3) is 5.91 Å². The van der Waals surface area contributed by atoms with Gasteiger partial charge in [-0.2, -0.15) is 0 Å². The van der Waals surface area contributed by atoms with Crippen molar-refractivity contribution in [1.82, 2.24) is 20.1 Å². The Hall–Kier alpha value is -2.22. The molecule has 0 aromatic carbocycles. The molecule has 7 nitrogen and oxygen atoms in total. The molecule has 0 saturated heterocycles. The second-order valence-corrected chi connectivity index (χ2v) is 6.92. The number of aromatic amines is 1. The quantitative estimate of drug-likeness (QED) is 0.845. The zero-order valence-electron chi connectivity index (χ0n) is 13.7. The molecule has 0 fully saturated rings. The average Bonchev–Trinajstić information content (AvgIpc) is 3.06. The molecule has 124 valence electrons. The fourth-order valence-corrected chi connectivity index (χ4v) is 3.03. The van der Waals surface area contributed by atoms with Crippen LogP contribution in [0.1, 0.15) is 34.8 Å². The number of aromatic nitrogens is 3. The van der Waals surface area contributed by atoms with Gasteiger partial charge in [-0.15, -0.1) is 10.2 Å². The Labute approximate surface area is 139 Å². The van der Waals surface area contributed by atoms with E-state index in [0.717, 1.165) is 17.0 Å². The number of aryl methyl sites for hydroxylation is 1. The molecule has 2 rings (SSSR count). The van der Waals surface area contributed by atoms with Gasteiger partial charge in [-0.05, 0) is 18.4 Å². The molecule has 2 N–H and O–H groups in total. The highest BCUT2D eigenvalue weighted by molar-refractivity contribution is 7.15.